The van der Waals surface area contributed by atoms with Gasteiger partial charge in [-0.15, -0.1) is 0 Å². The standard InChI is InChI=1S/C41H39F7N10O3S2/c1-19(2)56-9-11-57(12-10-56)39-51-38-28(62-39)17-26(24-7-6-8-25-34(24)55(4)53-37(25)54-63(5,60)61)33(50-38)27(15-21-13-22(42)16-23(43)14-21)49-29(59)18-58-36-31(35(52-58)41(46,47)48)30-20(3)32(30)40(36,44)45/h6-8,13-14,16-17,19,27,30,32H,3,9-12,15,18H2,1-2,4-5H3,(H,49,59)(H,53,54)/t27-,30+,32+/m0/s1. The van der Waals surface area contributed by atoms with Crippen LogP contribution in [-0.4, -0.2) is 87.2 Å². The number of hydrogen-bond acceptors (Lipinski definition) is 10. The maximum atomic E-state index is 15.7. The quantitative estimate of drug-likeness (QED) is 0.103. The van der Waals surface area contributed by atoms with Gasteiger partial charge in [0.2, 0.25) is 15.9 Å². The van der Waals surface area contributed by atoms with Crippen molar-refractivity contribution in [3.8, 4) is 11.1 Å². The number of thiazole rings is 1. The Morgan fingerprint density at radius 1 is 1.02 bits per heavy atom. The number of alkyl halides is 5. The first-order valence-electron chi connectivity index (χ1n) is 19.8. The smallest absolute Gasteiger partial charge is 0.346 e. The van der Waals surface area contributed by atoms with Crippen LogP contribution in [0, 0.1) is 17.6 Å². The van der Waals surface area contributed by atoms with Crippen LogP contribution < -0.4 is 14.9 Å². The van der Waals surface area contributed by atoms with Crippen LogP contribution in [0.5, 0.6) is 0 Å². The van der Waals surface area contributed by atoms with Gasteiger partial charge in [0.25, 0.3) is 5.92 Å². The van der Waals surface area contributed by atoms with E-state index in [4.69, 9.17) is 9.97 Å². The summed E-state index contributed by atoms with van der Waals surface area (Å²) in [6.45, 7) is 9.61. The fourth-order valence-electron chi connectivity index (χ4n) is 8.98. The van der Waals surface area contributed by atoms with Crippen LogP contribution in [0.15, 0.2) is 54.6 Å². The third kappa shape index (κ3) is 7.68. The summed E-state index contributed by atoms with van der Waals surface area (Å²) in [6.07, 6.45) is -4.48. The summed E-state index contributed by atoms with van der Waals surface area (Å²) >= 11 is 1.36. The highest BCUT2D eigenvalue weighted by Gasteiger charge is 2.71. The number of carbonyl (C=O) groups is 1. The number of rotatable bonds is 11. The number of aromatic nitrogens is 6. The number of carbonyl (C=O) groups excluding carboxylic acids is 1. The molecule has 3 atom stereocenters. The molecule has 1 amide bonds. The molecule has 0 bridgehead atoms. The van der Waals surface area contributed by atoms with Crippen molar-refractivity contribution in [2.75, 3.05) is 42.1 Å². The average Bonchev–Trinajstić information content (AvgIpc) is 3.51. The Morgan fingerprint density at radius 3 is 2.37 bits per heavy atom. The lowest BCUT2D eigenvalue weighted by atomic mass is 9.94. The summed E-state index contributed by atoms with van der Waals surface area (Å²) in [5.41, 5.74) is -1.70. The molecule has 63 heavy (non-hydrogen) atoms. The molecule has 5 heterocycles. The maximum Gasteiger partial charge on any atom is 0.435 e. The molecule has 9 rings (SSSR count). The van der Waals surface area contributed by atoms with Crippen LogP contribution in [-0.2, 0) is 46.9 Å². The second kappa shape index (κ2) is 15.0. The van der Waals surface area contributed by atoms with Crippen LogP contribution in [0.1, 0.15) is 54.0 Å². The van der Waals surface area contributed by atoms with Crippen LogP contribution in [0.4, 0.5) is 41.7 Å². The molecule has 2 aliphatic carbocycles. The van der Waals surface area contributed by atoms with Gasteiger partial charge in [-0.05, 0) is 50.1 Å². The first-order valence-corrected chi connectivity index (χ1v) is 22.5. The lowest BCUT2D eigenvalue weighted by molar-refractivity contribution is -0.142. The van der Waals surface area contributed by atoms with Gasteiger partial charge >= 0.3 is 6.18 Å². The molecule has 0 spiro atoms. The van der Waals surface area contributed by atoms with Crippen molar-refractivity contribution in [3.63, 3.8) is 0 Å². The zero-order valence-electron chi connectivity index (χ0n) is 34.1. The normalized spacial score (nSPS) is 19.2. The van der Waals surface area contributed by atoms with E-state index in [0.717, 1.165) is 31.5 Å². The minimum atomic E-state index is -5.12. The third-order valence-corrected chi connectivity index (χ3v) is 13.4. The summed E-state index contributed by atoms with van der Waals surface area (Å²) in [7, 11) is -2.19. The van der Waals surface area contributed by atoms with Crippen molar-refractivity contribution >= 4 is 59.5 Å². The van der Waals surface area contributed by atoms with Crippen LogP contribution in [0.3, 0.4) is 0 Å². The van der Waals surface area contributed by atoms with E-state index < -0.39 is 81.0 Å². The Labute approximate surface area is 359 Å². The Hall–Kier alpha value is -5.61. The number of nitrogens with zero attached hydrogens (tertiary/aromatic N) is 8. The minimum absolute atomic E-state index is 0.0242. The first-order chi connectivity index (χ1) is 29.6. The number of pyridine rings is 1. The predicted molar refractivity (Wildman–Crippen MR) is 222 cm³/mol. The molecule has 22 heteroatoms. The van der Waals surface area contributed by atoms with Gasteiger partial charge in [0.15, 0.2) is 22.3 Å². The molecule has 0 unspecified atom stereocenters. The highest BCUT2D eigenvalue weighted by Crippen LogP contribution is 2.71. The number of piperazine rings is 1. The molecule has 0 radical (unpaired) electrons. The topological polar surface area (TPSA) is 143 Å². The first kappa shape index (κ1) is 42.7. The number of sulfonamides is 1. The summed E-state index contributed by atoms with van der Waals surface area (Å²) < 4.78 is 133. The zero-order chi connectivity index (χ0) is 45.1. The molecule has 2 fully saturated rings. The second-order valence-electron chi connectivity index (χ2n) is 16.4. The van der Waals surface area contributed by atoms with Crippen LogP contribution in [0.25, 0.3) is 32.4 Å². The molecule has 1 saturated carbocycles. The van der Waals surface area contributed by atoms with E-state index in [0.29, 0.717) is 61.7 Å². The molecule has 13 nitrogen and oxygen atoms in total. The van der Waals surface area contributed by atoms with E-state index in [1.807, 2.05) is 0 Å². The van der Waals surface area contributed by atoms with Gasteiger partial charge in [-0.3, -0.25) is 23.8 Å². The van der Waals surface area contributed by atoms with Gasteiger partial charge in [0.1, 0.15) is 23.9 Å². The fraction of sp³-hybridized carbons (Fsp3) is 0.390. The van der Waals surface area contributed by atoms with Crippen LogP contribution in [0.2, 0.25) is 0 Å². The largest absolute Gasteiger partial charge is 0.435 e. The number of anilines is 2. The van der Waals surface area contributed by atoms with Crippen LogP contribution >= 0.6 is 11.3 Å². The van der Waals surface area contributed by atoms with Gasteiger partial charge in [0.05, 0.1) is 34.1 Å². The van der Waals surface area contributed by atoms with Crippen molar-refractivity contribution in [1.82, 2.24) is 39.7 Å². The van der Waals surface area contributed by atoms with E-state index in [2.05, 4.69) is 50.5 Å². The van der Waals surface area contributed by atoms with Crippen molar-refractivity contribution < 1.29 is 43.9 Å². The molecule has 3 aliphatic rings. The number of fused-ring (bicyclic) bond motifs is 5. The summed E-state index contributed by atoms with van der Waals surface area (Å²) in [6, 6.07) is 8.54. The monoisotopic (exact) mass is 916 g/mol. The van der Waals surface area contributed by atoms with Crippen molar-refractivity contribution in [3.05, 3.63) is 94.5 Å². The lowest BCUT2D eigenvalue weighted by Gasteiger charge is -2.36. The summed E-state index contributed by atoms with van der Waals surface area (Å²) in [5, 5.41) is 11.7. The van der Waals surface area contributed by atoms with Crippen molar-refractivity contribution in [1.29, 1.82) is 0 Å². The molecule has 332 valence electrons. The molecule has 1 aliphatic heterocycles. The summed E-state index contributed by atoms with van der Waals surface area (Å²) in [4.78, 5) is 28.5. The minimum Gasteiger partial charge on any atom is -0.346 e. The second-order valence-corrected chi connectivity index (χ2v) is 19.2. The number of hydrogen-bond donors (Lipinski definition) is 2. The summed E-state index contributed by atoms with van der Waals surface area (Å²) in [5.74, 6) is -9.50. The molecular weight excluding hydrogens is 878 g/mol. The maximum absolute atomic E-state index is 15.7. The van der Waals surface area contributed by atoms with Gasteiger partial charge in [0, 0.05) is 73.3 Å². The number of halogens is 7. The SMILES string of the molecule is C=C1[C@@H]2c3c(C(F)(F)F)nn(CC(=O)N[C@@H](Cc4cc(F)cc(F)c4)c4nc5nc(N6CCN(C(C)C)CC6)sc5cc4-c4cccc5c(NS(C)(=O)=O)nn(C)c45)c3C(F)(F)[C@H]12. The van der Waals surface area contributed by atoms with E-state index in [9.17, 15) is 35.2 Å². The van der Waals surface area contributed by atoms with Gasteiger partial charge in [-0.1, -0.05) is 35.6 Å². The Morgan fingerprint density at radius 2 is 1.71 bits per heavy atom. The number of allylic oxidation sites excluding steroid dienone is 1. The Kier molecular flexibility index (Phi) is 10.2. The van der Waals surface area contributed by atoms with E-state index in [-0.39, 0.29) is 34.7 Å². The lowest BCUT2D eigenvalue weighted by Crippen LogP contribution is -2.48. The zero-order valence-corrected chi connectivity index (χ0v) is 35.7. The van der Waals surface area contributed by atoms with Crippen molar-refractivity contribution in [2.24, 2.45) is 13.0 Å². The number of amides is 1. The van der Waals surface area contributed by atoms with E-state index in [1.165, 1.54) is 16.0 Å². The number of para-hydroxylation sites is 1. The highest BCUT2D eigenvalue weighted by atomic mass is 32.2. The fourth-order valence-corrected chi connectivity index (χ4v) is 10.5. The molecule has 4 aromatic heterocycles. The molecule has 2 aromatic carbocycles. The average molecular weight is 917 g/mol. The van der Waals surface area contributed by atoms with Crippen molar-refractivity contribution in [2.45, 2.75) is 56.9 Å². The molecular formula is C41H39F7N10O3S2. The van der Waals surface area contributed by atoms with E-state index >= 15 is 8.78 Å². The highest BCUT2D eigenvalue weighted by molar-refractivity contribution is 7.92. The number of benzene rings is 2. The Bertz CT molecular complexity index is 2950. The van der Waals surface area contributed by atoms with Gasteiger partial charge < -0.3 is 10.2 Å². The Balaban J connectivity index is 1.19. The van der Waals surface area contributed by atoms with Gasteiger partial charge in [-0.25, -0.2) is 22.2 Å². The molecule has 6 aromatic rings. The van der Waals surface area contributed by atoms with Gasteiger partial charge in [-0.2, -0.15) is 37.1 Å². The van der Waals surface area contributed by atoms with E-state index in [1.54, 1.807) is 31.3 Å². The molecule has 1 saturated heterocycles. The third-order valence-electron chi connectivity index (χ3n) is 11.8. The number of aryl methyl sites for hydroxylation is 1. The number of nitrogens with one attached hydrogen (secondary N) is 2. The predicted octanol–water partition coefficient (Wildman–Crippen LogP) is 7.12. The molecule has 2 N–H and O–H groups in total.